The lowest BCUT2D eigenvalue weighted by Crippen LogP contribution is -2.05. The second-order valence-corrected chi connectivity index (χ2v) is 4.50. The summed E-state index contributed by atoms with van der Waals surface area (Å²) in [7, 11) is 0. The van der Waals surface area contributed by atoms with E-state index in [4.69, 9.17) is 5.73 Å². The minimum atomic E-state index is -1.00. The molecule has 0 aromatic heterocycles. The van der Waals surface area contributed by atoms with E-state index in [1.165, 1.54) is 11.6 Å². The topological polar surface area (TPSA) is 75.3 Å². The molecule has 0 saturated heterocycles. The van der Waals surface area contributed by atoms with Crippen molar-refractivity contribution in [3.8, 4) is 0 Å². The van der Waals surface area contributed by atoms with Gasteiger partial charge in [-0.2, -0.15) is 0 Å². The summed E-state index contributed by atoms with van der Waals surface area (Å²) in [5.74, 6) is -1.00. The molecule has 4 N–H and O–H groups in total. The molecule has 0 aliphatic rings. The van der Waals surface area contributed by atoms with Crippen LogP contribution in [0.1, 0.15) is 21.5 Å². The number of para-hydroxylation sites is 1. The first-order chi connectivity index (χ1) is 8.99. The minimum absolute atomic E-state index is 0.165. The number of carboxylic acids is 1. The van der Waals surface area contributed by atoms with Crippen molar-refractivity contribution >= 4 is 23.0 Å². The van der Waals surface area contributed by atoms with Gasteiger partial charge in [-0.15, -0.1) is 0 Å². The Morgan fingerprint density at radius 3 is 2.53 bits per heavy atom. The van der Waals surface area contributed by atoms with Gasteiger partial charge in [-0.05, 0) is 49.2 Å². The van der Waals surface area contributed by atoms with Crippen LogP contribution in [0.25, 0.3) is 0 Å². The fourth-order valence-corrected chi connectivity index (χ4v) is 1.85. The van der Waals surface area contributed by atoms with E-state index in [0.717, 1.165) is 11.3 Å². The monoisotopic (exact) mass is 256 g/mol. The summed E-state index contributed by atoms with van der Waals surface area (Å²) in [6.45, 7) is 4.03. The molecule has 0 unspecified atom stereocenters. The van der Waals surface area contributed by atoms with Crippen molar-refractivity contribution in [2.45, 2.75) is 13.8 Å². The maximum absolute atomic E-state index is 11.2. The molecular formula is C15H16N2O2. The Bertz CT molecular complexity index is 636. The van der Waals surface area contributed by atoms with Gasteiger partial charge in [0.15, 0.2) is 0 Å². The van der Waals surface area contributed by atoms with E-state index in [9.17, 15) is 9.90 Å². The molecule has 0 atom stereocenters. The number of hydrogen-bond donors (Lipinski definition) is 3. The SMILES string of the molecule is Cc1ccc(Nc2c(N)cccc2C(=O)O)cc1C. The average molecular weight is 256 g/mol. The number of rotatable bonds is 3. The van der Waals surface area contributed by atoms with Crippen LogP contribution in [0.4, 0.5) is 17.1 Å². The zero-order valence-corrected chi connectivity index (χ0v) is 10.9. The highest BCUT2D eigenvalue weighted by atomic mass is 16.4. The molecule has 0 heterocycles. The normalized spacial score (nSPS) is 10.2. The predicted octanol–water partition coefficient (Wildman–Crippen LogP) is 3.33. The minimum Gasteiger partial charge on any atom is -0.478 e. The van der Waals surface area contributed by atoms with Crippen LogP contribution in [0.15, 0.2) is 36.4 Å². The van der Waals surface area contributed by atoms with Crippen LogP contribution < -0.4 is 11.1 Å². The maximum atomic E-state index is 11.2. The summed E-state index contributed by atoms with van der Waals surface area (Å²) < 4.78 is 0. The zero-order valence-electron chi connectivity index (χ0n) is 10.9. The van der Waals surface area contributed by atoms with E-state index in [0.29, 0.717) is 11.4 Å². The van der Waals surface area contributed by atoms with Gasteiger partial charge in [-0.1, -0.05) is 12.1 Å². The Labute approximate surface area is 111 Å². The third-order valence-corrected chi connectivity index (χ3v) is 3.10. The highest BCUT2D eigenvalue weighted by Crippen LogP contribution is 2.28. The van der Waals surface area contributed by atoms with Crippen LogP contribution in [0.3, 0.4) is 0 Å². The third-order valence-electron chi connectivity index (χ3n) is 3.10. The van der Waals surface area contributed by atoms with Gasteiger partial charge in [0.1, 0.15) is 0 Å². The van der Waals surface area contributed by atoms with E-state index in [2.05, 4.69) is 5.32 Å². The van der Waals surface area contributed by atoms with E-state index < -0.39 is 5.97 Å². The molecule has 0 radical (unpaired) electrons. The Hall–Kier alpha value is -2.49. The van der Waals surface area contributed by atoms with Crippen LogP contribution >= 0.6 is 0 Å². The Kier molecular flexibility index (Phi) is 3.42. The molecule has 4 nitrogen and oxygen atoms in total. The lowest BCUT2D eigenvalue weighted by molar-refractivity contribution is 0.0698. The molecule has 0 saturated carbocycles. The van der Waals surface area contributed by atoms with Crippen LogP contribution in [0.2, 0.25) is 0 Å². The van der Waals surface area contributed by atoms with Gasteiger partial charge in [0.25, 0.3) is 0 Å². The summed E-state index contributed by atoms with van der Waals surface area (Å²) in [6.07, 6.45) is 0. The van der Waals surface area contributed by atoms with Crippen LogP contribution in [0.5, 0.6) is 0 Å². The molecule has 0 bridgehead atoms. The van der Waals surface area contributed by atoms with Crippen molar-refractivity contribution in [2.75, 3.05) is 11.1 Å². The standard InChI is InChI=1S/C15H16N2O2/c1-9-6-7-11(8-10(9)2)17-14-12(15(18)19)4-3-5-13(14)16/h3-8,17H,16H2,1-2H3,(H,18,19). The number of aromatic carboxylic acids is 1. The highest BCUT2D eigenvalue weighted by Gasteiger charge is 2.12. The number of nitrogen functional groups attached to an aromatic ring is 1. The smallest absolute Gasteiger partial charge is 0.337 e. The van der Waals surface area contributed by atoms with Gasteiger partial charge >= 0.3 is 5.97 Å². The highest BCUT2D eigenvalue weighted by molar-refractivity contribution is 5.98. The second kappa shape index (κ2) is 5.02. The molecule has 98 valence electrons. The molecule has 0 fully saturated rings. The Balaban J connectivity index is 2.42. The quantitative estimate of drug-likeness (QED) is 0.736. The first kappa shape index (κ1) is 13.0. The van der Waals surface area contributed by atoms with Crippen molar-refractivity contribution in [3.63, 3.8) is 0 Å². The van der Waals surface area contributed by atoms with Crippen molar-refractivity contribution < 1.29 is 9.90 Å². The fraction of sp³-hybridized carbons (Fsp3) is 0.133. The largest absolute Gasteiger partial charge is 0.478 e. The van der Waals surface area contributed by atoms with Gasteiger partial charge in [0, 0.05) is 5.69 Å². The van der Waals surface area contributed by atoms with Crippen molar-refractivity contribution in [2.24, 2.45) is 0 Å². The first-order valence-corrected chi connectivity index (χ1v) is 5.95. The van der Waals surface area contributed by atoms with E-state index in [1.54, 1.807) is 12.1 Å². The molecule has 0 aliphatic carbocycles. The number of carbonyl (C=O) groups is 1. The molecule has 0 aliphatic heterocycles. The predicted molar refractivity (Wildman–Crippen MR) is 77.0 cm³/mol. The fourth-order valence-electron chi connectivity index (χ4n) is 1.85. The summed E-state index contributed by atoms with van der Waals surface area (Å²) in [5.41, 5.74) is 10.0. The van der Waals surface area contributed by atoms with Crippen molar-refractivity contribution in [3.05, 3.63) is 53.1 Å². The van der Waals surface area contributed by atoms with Crippen molar-refractivity contribution in [1.29, 1.82) is 0 Å². The lowest BCUT2D eigenvalue weighted by Gasteiger charge is -2.13. The van der Waals surface area contributed by atoms with Gasteiger partial charge in [-0.3, -0.25) is 0 Å². The lowest BCUT2D eigenvalue weighted by atomic mass is 10.1. The molecule has 0 spiro atoms. The summed E-state index contributed by atoms with van der Waals surface area (Å²) in [5, 5.41) is 12.3. The third kappa shape index (κ3) is 2.68. The van der Waals surface area contributed by atoms with Crippen LogP contribution in [-0.2, 0) is 0 Å². The number of benzene rings is 2. The van der Waals surface area contributed by atoms with Crippen LogP contribution in [0, 0.1) is 13.8 Å². The number of anilines is 3. The molecule has 4 heteroatoms. The second-order valence-electron chi connectivity index (χ2n) is 4.50. The van der Waals surface area contributed by atoms with Gasteiger partial charge < -0.3 is 16.2 Å². The zero-order chi connectivity index (χ0) is 14.0. The summed E-state index contributed by atoms with van der Waals surface area (Å²) >= 11 is 0. The number of nitrogens with one attached hydrogen (secondary N) is 1. The summed E-state index contributed by atoms with van der Waals surface area (Å²) in [6, 6.07) is 10.7. The molecular weight excluding hydrogens is 240 g/mol. The first-order valence-electron chi connectivity index (χ1n) is 5.95. The number of hydrogen-bond acceptors (Lipinski definition) is 3. The number of aryl methyl sites for hydroxylation is 2. The van der Waals surface area contributed by atoms with E-state index >= 15 is 0 Å². The van der Waals surface area contributed by atoms with Crippen LogP contribution in [-0.4, -0.2) is 11.1 Å². The Morgan fingerprint density at radius 1 is 1.16 bits per heavy atom. The number of carboxylic acid groups (broad SMARTS) is 1. The number of nitrogens with two attached hydrogens (primary N) is 1. The average Bonchev–Trinajstić information content (AvgIpc) is 2.36. The Morgan fingerprint density at radius 2 is 1.89 bits per heavy atom. The van der Waals surface area contributed by atoms with Crippen molar-refractivity contribution in [1.82, 2.24) is 0 Å². The molecule has 2 aromatic rings. The molecule has 19 heavy (non-hydrogen) atoms. The molecule has 0 amide bonds. The van der Waals surface area contributed by atoms with E-state index in [1.807, 2.05) is 32.0 Å². The molecule has 2 rings (SSSR count). The summed E-state index contributed by atoms with van der Waals surface area (Å²) in [4.78, 5) is 11.2. The van der Waals surface area contributed by atoms with Gasteiger partial charge in [0.05, 0.1) is 16.9 Å². The maximum Gasteiger partial charge on any atom is 0.337 e. The molecule has 2 aromatic carbocycles. The van der Waals surface area contributed by atoms with E-state index in [-0.39, 0.29) is 5.56 Å². The van der Waals surface area contributed by atoms with Gasteiger partial charge in [0.2, 0.25) is 0 Å². The van der Waals surface area contributed by atoms with Gasteiger partial charge in [-0.25, -0.2) is 4.79 Å².